The second kappa shape index (κ2) is 5.03. The Kier molecular flexibility index (Phi) is 3.23. The van der Waals surface area contributed by atoms with E-state index in [0.29, 0.717) is 5.82 Å². The molecule has 1 aliphatic carbocycles. The Balaban J connectivity index is 2.09. The zero-order valence-electron chi connectivity index (χ0n) is 11.5. The monoisotopic (exact) mass is 254 g/mol. The number of hydrogen-bond acceptors (Lipinski definition) is 4. The van der Waals surface area contributed by atoms with Gasteiger partial charge < -0.3 is 0 Å². The van der Waals surface area contributed by atoms with Gasteiger partial charge in [0.1, 0.15) is 11.5 Å². The molecule has 19 heavy (non-hydrogen) atoms. The van der Waals surface area contributed by atoms with Crippen LogP contribution in [0.5, 0.6) is 0 Å². The zero-order chi connectivity index (χ0) is 13.2. The van der Waals surface area contributed by atoms with E-state index in [4.69, 9.17) is 4.98 Å². The molecule has 0 bridgehead atoms. The summed E-state index contributed by atoms with van der Waals surface area (Å²) in [6.07, 6.45) is 7.88. The summed E-state index contributed by atoms with van der Waals surface area (Å²) in [4.78, 5) is 9.13. The first-order chi connectivity index (χ1) is 9.24. The van der Waals surface area contributed by atoms with Gasteiger partial charge >= 0.3 is 0 Å². The van der Waals surface area contributed by atoms with Crippen molar-refractivity contribution in [2.45, 2.75) is 46.0 Å². The summed E-state index contributed by atoms with van der Waals surface area (Å²) in [6.45, 7) is 3.96. The number of nitrogens with zero attached hydrogens (tertiary/aromatic N) is 4. The number of aromatic nitrogens is 4. The van der Waals surface area contributed by atoms with E-state index in [1.165, 1.54) is 30.4 Å². The minimum Gasteiger partial charge on any atom is -0.251 e. The molecule has 0 spiro atoms. The van der Waals surface area contributed by atoms with E-state index >= 15 is 0 Å². The third kappa shape index (κ3) is 2.48. The highest BCUT2D eigenvalue weighted by Crippen LogP contribution is 2.26. The molecule has 2 aromatic heterocycles. The largest absolute Gasteiger partial charge is 0.251 e. The second-order valence-corrected chi connectivity index (χ2v) is 5.18. The van der Waals surface area contributed by atoms with Gasteiger partial charge in [-0.3, -0.25) is 4.98 Å². The molecule has 0 saturated heterocycles. The van der Waals surface area contributed by atoms with Gasteiger partial charge in [-0.25, -0.2) is 4.98 Å². The van der Waals surface area contributed by atoms with E-state index in [2.05, 4.69) is 28.2 Å². The van der Waals surface area contributed by atoms with Gasteiger partial charge in [0.25, 0.3) is 0 Å². The molecule has 1 aliphatic rings. The number of aryl methyl sites for hydroxylation is 3. The minimum absolute atomic E-state index is 0.687. The molecule has 0 saturated carbocycles. The lowest BCUT2D eigenvalue weighted by molar-refractivity contribution is 0.711. The van der Waals surface area contributed by atoms with Crippen LogP contribution >= 0.6 is 0 Å². The third-order valence-electron chi connectivity index (χ3n) is 3.72. The van der Waals surface area contributed by atoms with Crippen LogP contribution in [0.3, 0.4) is 0 Å². The highest BCUT2D eigenvalue weighted by Gasteiger charge is 2.14. The molecule has 4 heteroatoms. The molecule has 0 fully saturated rings. The lowest BCUT2D eigenvalue weighted by Crippen LogP contribution is -2.02. The van der Waals surface area contributed by atoms with Crippen LogP contribution in [0.1, 0.15) is 41.9 Å². The van der Waals surface area contributed by atoms with Gasteiger partial charge in [0, 0.05) is 5.69 Å². The minimum atomic E-state index is 0.687. The molecular weight excluding hydrogens is 236 g/mol. The molecule has 2 heterocycles. The van der Waals surface area contributed by atoms with Crippen molar-refractivity contribution in [1.82, 2.24) is 20.2 Å². The van der Waals surface area contributed by atoms with Crippen molar-refractivity contribution < 1.29 is 0 Å². The first kappa shape index (κ1) is 12.2. The molecule has 4 nitrogen and oxygen atoms in total. The second-order valence-electron chi connectivity index (χ2n) is 5.18. The Morgan fingerprint density at radius 1 is 0.947 bits per heavy atom. The first-order valence-electron chi connectivity index (χ1n) is 6.90. The van der Waals surface area contributed by atoms with Gasteiger partial charge in [-0.1, -0.05) is 6.42 Å². The standard InChI is InChI=1S/C15H18N4/c1-10-13-7-5-3-4-6-12(13)8-14(17-10)15-9-16-19-11(2)18-15/h8-9H,3-7H2,1-2H3. The molecule has 0 aromatic carbocycles. The maximum Gasteiger partial charge on any atom is 0.148 e. The van der Waals surface area contributed by atoms with Crippen molar-refractivity contribution in [1.29, 1.82) is 0 Å². The van der Waals surface area contributed by atoms with Crippen molar-refractivity contribution in [2.75, 3.05) is 0 Å². The Bertz CT molecular complexity index is 607. The quantitative estimate of drug-likeness (QED) is 0.734. The molecule has 0 aliphatic heterocycles. The van der Waals surface area contributed by atoms with Crippen molar-refractivity contribution in [3.05, 3.63) is 34.9 Å². The molecule has 0 unspecified atom stereocenters. The van der Waals surface area contributed by atoms with Gasteiger partial charge in [0.2, 0.25) is 0 Å². The Labute approximate surface area is 113 Å². The maximum absolute atomic E-state index is 4.71. The van der Waals surface area contributed by atoms with Crippen molar-refractivity contribution in [3.8, 4) is 11.4 Å². The predicted octanol–water partition coefficient (Wildman–Crippen LogP) is 2.82. The van der Waals surface area contributed by atoms with Crippen LogP contribution in [0, 0.1) is 13.8 Å². The lowest BCUT2D eigenvalue weighted by Gasteiger charge is -2.11. The number of hydrogen-bond donors (Lipinski definition) is 0. The van der Waals surface area contributed by atoms with E-state index in [1.54, 1.807) is 6.20 Å². The van der Waals surface area contributed by atoms with Gasteiger partial charge in [0.15, 0.2) is 0 Å². The fraction of sp³-hybridized carbons (Fsp3) is 0.467. The number of pyridine rings is 1. The third-order valence-corrected chi connectivity index (χ3v) is 3.72. The van der Waals surface area contributed by atoms with E-state index in [9.17, 15) is 0 Å². The fourth-order valence-corrected chi connectivity index (χ4v) is 2.77. The van der Waals surface area contributed by atoms with E-state index in [0.717, 1.165) is 29.9 Å². The Morgan fingerprint density at radius 2 is 1.79 bits per heavy atom. The first-order valence-corrected chi connectivity index (χ1v) is 6.90. The molecule has 0 amide bonds. The molecule has 2 aromatic rings. The van der Waals surface area contributed by atoms with Crippen LogP contribution in [-0.4, -0.2) is 20.2 Å². The molecular formula is C15H18N4. The van der Waals surface area contributed by atoms with Crippen LogP contribution in [0.25, 0.3) is 11.4 Å². The molecule has 98 valence electrons. The number of fused-ring (bicyclic) bond motifs is 1. The summed E-state index contributed by atoms with van der Waals surface area (Å²) in [5, 5.41) is 7.87. The number of rotatable bonds is 1. The van der Waals surface area contributed by atoms with E-state index < -0.39 is 0 Å². The summed E-state index contributed by atoms with van der Waals surface area (Å²) in [6, 6.07) is 2.19. The van der Waals surface area contributed by atoms with E-state index in [-0.39, 0.29) is 0 Å². The molecule has 0 radical (unpaired) electrons. The highest BCUT2D eigenvalue weighted by molar-refractivity contribution is 5.56. The van der Waals surface area contributed by atoms with Crippen molar-refractivity contribution in [3.63, 3.8) is 0 Å². The van der Waals surface area contributed by atoms with Gasteiger partial charge in [-0.2, -0.15) is 5.10 Å². The van der Waals surface area contributed by atoms with Crippen LogP contribution in [0.15, 0.2) is 12.3 Å². The predicted molar refractivity (Wildman–Crippen MR) is 73.8 cm³/mol. The summed E-state index contributed by atoms with van der Waals surface area (Å²) < 4.78 is 0. The lowest BCUT2D eigenvalue weighted by atomic mass is 10.0. The summed E-state index contributed by atoms with van der Waals surface area (Å²) in [5.41, 5.74) is 5.78. The van der Waals surface area contributed by atoms with Gasteiger partial charge in [-0.05, 0) is 56.7 Å². The maximum atomic E-state index is 4.71. The summed E-state index contributed by atoms with van der Waals surface area (Å²) in [5.74, 6) is 0.687. The SMILES string of the molecule is Cc1nncc(-c2cc3c(c(C)n2)CCCCC3)n1. The van der Waals surface area contributed by atoms with Crippen LogP contribution in [0.4, 0.5) is 0 Å². The Morgan fingerprint density at radius 3 is 2.63 bits per heavy atom. The van der Waals surface area contributed by atoms with Crippen molar-refractivity contribution >= 4 is 0 Å². The zero-order valence-corrected chi connectivity index (χ0v) is 11.5. The molecule has 0 atom stereocenters. The summed E-state index contributed by atoms with van der Waals surface area (Å²) in [7, 11) is 0. The van der Waals surface area contributed by atoms with Crippen LogP contribution in [0.2, 0.25) is 0 Å². The molecule has 3 rings (SSSR count). The van der Waals surface area contributed by atoms with Gasteiger partial charge in [0.05, 0.1) is 11.9 Å². The fourth-order valence-electron chi connectivity index (χ4n) is 2.77. The average molecular weight is 254 g/mol. The van der Waals surface area contributed by atoms with Crippen LogP contribution in [-0.2, 0) is 12.8 Å². The average Bonchev–Trinajstić information content (AvgIpc) is 2.64. The van der Waals surface area contributed by atoms with Crippen molar-refractivity contribution in [2.24, 2.45) is 0 Å². The summed E-state index contributed by atoms with van der Waals surface area (Å²) >= 11 is 0. The smallest absolute Gasteiger partial charge is 0.148 e. The van der Waals surface area contributed by atoms with E-state index in [1.807, 2.05) is 6.92 Å². The Hall–Kier alpha value is -1.84. The topological polar surface area (TPSA) is 51.6 Å². The van der Waals surface area contributed by atoms with Gasteiger partial charge in [-0.15, -0.1) is 5.10 Å². The molecule has 0 N–H and O–H groups in total. The van der Waals surface area contributed by atoms with Crippen LogP contribution < -0.4 is 0 Å². The normalized spacial score (nSPS) is 14.8. The highest BCUT2D eigenvalue weighted by atomic mass is 15.1.